The summed E-state index contributed by atoms with van der Waals surface area (Å²) in [6.45, 7) is 4.18. The van der Waals surface area contributed by atoms with Gasteiger partial charge in [0.05, 0.1) is 11.3 Å². The smallest absolute Gasteiger partial charge is 0.254 e. The van der Waals surface area contributed by atoms with E-state index in [1.165, 1.54) is 0 Å². The number of ether oxygens (including phenoxy) is 1. The predicted molar refractivity (Wildman–Crippen MR) is 102 cm³/mol. The van der Waals surface area contributed by atoms with E-state index in [-0.39, 0.29) is 5.91 Å². The molecule has 0 unspecified atom stereocenters. The summed E-state index contributed by atoms with van der Waals surface area (Å²) in [6.07, 6.45) is 4.20. The maximum atomic E-state index is 12.5. The minimum Gasteiger partial charge on any atom is -0.381 e. The molecule has 2 N–H and O–H groups in total. The molecule has 1 aromatic heterocycles. The fourth-order valence-corrected chi connectivity index (χ4v) is 3.10. The van der Waals surface area contributed by atoms with E-state index in [1.807, 2.05) is 19.1 Å². The molecule has 1 saturated heterocycles. The molecule has 2 heterocycles. The van der Waals surface area contributed by atoms with Crippen LogP contribution in [0.2, 0.25) is 5.02 Å². The minimum atomic E-state index is -0.123. The van der Waals surface area contributed by atoms with Gasteiger partial charge in [0.15, 0.2) is 0 Å². The van der Waals surface area contributed by atoms with Gasteiger partial charge in [-0.05, 0) is 43.4 Å². The van der Waals surface area contributed by atoms with E-state index in [1.54, 1.807) is 18.3 Å². The molecule has 0 aliphatic carbocycles. The molecule has 7 heteroatoms. The first-order chi connectivity index (χ1) is 12.7. The summed E-state index contributed by atoms with van der Waals surface area (Å²) >= 11 is 5.99. The number of aryl methyl sites for hydroxylation is 1. The summed E-state index contributed by atoms with van der Waals surface area (Å²) in [5.41, 5.74) is 2.04. The molecule has 1 amide bonds. The first kappa shape index (κ1) is 18.6. The molecule has 0 atom stereocenters. The lowest BCUT2D eigenvalue weighted by Gasteiger charge is -2.22. The first-order valence-corrected chi connectivity index (χ1v) is 9.28. The molecule has 1 aromatic carbocycles. The van der Waals surface area contributed by atoms with Crippen LogP contribution in [0, 0.1) is 5.92 Å². The van der Waals surface area contributed by atoms with Crippen LogP contribution in [0.4, 0.5) is 11.6 Å². The Hall–Kier alpha value is -2.18. The zero-order valence-electron chi connectivity index (χ0n) is 14.8. The SMILES string of the molecule is CCc1nc(Nc2cccc(Cl)c2)ncc1C(=O)NCC1CCOCC1. The number of aromatic nitrogens is 2. The van der Waals surface area contributed by atoms with Gasteiger partial charge in [-0.3, -0.25) is 4.79 Å². The van der Waals surface area contributed by atoms with Crippen molar-refractivity contribution in [2.24, 2.45) is 5.92 Å². The Kier molecular flexibility index (Phi) is 6.41. The van der Waals surface area contributed by atoms with Crippen molar-refractivity contribution in [1.82, 2.24) is 15.3 Å². The number of halogens is 1. The number of amides is 1. The van der Waals surface area contributed by atoms with Crippen LogP contribution < -0.4 is 10.6 Å². The van der Waals surface area contributed by atoms with Gasteiger partial charge in [0.1, 0.15) is 0 Å². The summed E-state index contributed by atoms with van der Waals surface area (Å²) in [5, 5.41) is 6.76. The fourth-order valence-electron chi connectivity index (χ4n) is 2.91. The number of benzene rings is 1. The molecule has 1 aliphatic heterocycles. The highest BCUT2D eigenvalue weighted by molar-refractivity contribution is 6.30. The van der Waals surface area contributed by atoms with Crippen LogP contribution in [0.15, 0.2) is 30.5 Å². The van der Waals surface area contributed by atoms with Gasteiger partial charge in [-0.25, -0.2) is 9.97 Å². The number of nitrogens with zero attached hydrogens (tertiary/aromatic N) is 2. The number of carbonyl (C=O) groups excluding carboxylic acids is 1. The van der Waals surface area contributed by atoms with E-state index < -0.39 is 0 Å². The Morgan fingerprint density at radius 3 is 2.88 bits per heavy atom. The lowest BCUT2D eigenvalue weighted by Crippen LogP contribution is -2.33. The molecule has 6 nitrogen and oxygen atoms in total. The zero-order chi connectivity index (χ0) is 18.4. The first-order valence-electron chi connectivity index (χ1n) is 8.90. The lowest BCUT2D eigenvalue weighted by molar-refractivity contribution is 0.0642. The van der Waals surface area contributed by atoms with Gasteiger partial charge in [0.25, 0.3) is 5.91 Å². The highest BCUT2D eigenvalue weighted by Gasteiger charge is 2.17. The van der Waals surface area contributed by atoms with E-state index in [0.29, 0.717) is 41.1 Å². The Bertz CT molecular complexity index is 763. The van der Waals surface area contributed by atoms with Gasteiger partial charge < -0.3 is 15.4 Å². The Morgan fingerprint density at radius 1 is 1.35 bits per heavy atom. The molecule has 26 heavy (non-hydrogen) atoms. The van der Waals surface area contributed by atoms with Gasteiger partial charge in [-0.2, -0.15) is 0 Å². The second-order valence-corrected chi connectivity index (χ2v) is 6.75. The molecular weight excluding hydrogens is 352 g/mol. The molecular formula is C19H23ClN4O2. The van der Waals surface area contributed by atoms with E-state index >= 15 is 0 Å². The van der Waals surface area contributed by atoms with Crippen LogP contribution in [0.5, 0.6) is 0 Å². The molecule has 0 radical (unpaired) electrons. The third-order valence-electron chi connectivity index (χ3n) is 4.42. The molecule has 1 fully saturated rings. The maximum absolute atomic E-state index is 12.5. The van der Waals surface area contributed by atoms with Crippen molar-refractivity contribution >= 4 is 29.1 Å². The summed E-state index contributed by atoms with van der Waals surface area (Å²) < 4.78 is 5.35. The van der Waals surface area contributed by atoms with Gasteiger partial charge in [-0.15, -0.1) is 0 Å². The summed E-state index contributed by atoms with van der Waals surface area (Å²) in [7, 11) is 0. The van der Waals surface area contributed by atoms with E-state index in [0.717, 1.165) is 31.7 Å². The van der Waals surface area contributed by atoms with Crippen LogP contribution in [0.25, 0.3) is 0 Å². The maximum Gasteiger partial charge on any atom is 0.254 e. The van der Waals surface area contributed by atoms with Crippen molar-refractivity contribution in [2.45, 2.75) is 26.2 Å². The molecule has 0 bridgehead atoms. The van der Waals surface area contributed by atoms with Crippen LogP contribution in [0.3, 0.4) is 0 Å². The number of rotatable bonds is 6. The van der Waals surface area contributed by atoms with E-state index in [9.17, 15) is 4.79 Å². The van der Waals surface area contributed by atoms with Crippen molar-refractivity contribution in [3.8, 4) is 0 Å². The molecule has 2 aromatic rings. The molecule has 138 valence electrons. The van der Waals surface area contributed by atoms with E-state index in [4.69, 9.17) is 16.3 Å². The summed E-state index contributed by atoms with van der Waals surface area (Å²) in [5.74, 6) is 0.801. The number of nitrogens with one attached hydrogen (secondary N) is 2. The summed E-state index contributed by atoms with van der Waals surface area (Å²) in [4.78, 5) is 21.3. The average molecular weight is 375 g/mol. The zero-order valence-corrected chi connectivity index (χ0v) is 15.6. The standard InChI is InChI=1S/C19H23ClN4O2/c1-2-17-16(18(25)21-11-13-6-8-26-9-7-13)12-22-19(24-17)23-15-5-3-4-14(20)10-15/h3-5,10,12-13H,2,6-9,11H2,1H3,(H,21,25)(H,22,23,24). The van der Waals surface area contributed by atoms with E-state index in [2.05, 4.69) is 20.6 Å². The van der Waals surface area contributed by atoms with Crippen LogP contribution in [-0.4, -0.2) is 35.6 Å². The molecule has 0 spiro atoms. The average Bonchev–Trinajstić information content (AvgIpc) is 2.67. The third-order valence-corrected chi connectivity index (χ3v) is 4.66. The highest BCUT2D eigenvalue weighted by atomic mass is 35.5. The Labute approximate surface area is 158 Å². The number of anilines is 2. The van der Waals surface area contributed by atoms with Crippen LogP contribution in [0.1, 0.15) is 35.8 Å². The number of hydrogen-bond donors (Lipinski definition) is 2. The highest BCUT2D eigenvalue weighted by Crippen LogP contribution is 2.19. The fraction of sp³-hybridized carbons (Fsp3) is 0.421. The second-order valence-electron chi connectivity index (χ2n) is 6.31. The van der Waals surface area contributed by atoms with Crippen LogP contribution >= 0.6 is 11.6 Å². The second kappa shape index (κ2) is 8.96. The van der Waals surface area contributed by atoms with Crippen molar-refractivity contribution in [1.29, 1.82) is 0 Å². The van der Waals surface area contributed by atoms with Crippen molar-refractivity contribution in [2.75, 3.05) is 25.1 Å². The van der Waals surface area contributed by atoms with Crippen molar-refractivity contribution in [3.05, 3.63) is 46.7 Å². The third kappa shape index (κ3) is 4.93. The van der Waals surface area contributed by atoms with Gasteiger partial charge in [0, 0.05) is 36.7 Å². The monoisotopic (exact) mass is 374 g/mol. The van der Waals surface area contributed by atoms with Gasteiger partial charge >= 0.3 is 0 Å². The van der Waals surface area contributed by atoms with Crippen LogP contribution in [-0.2, 0) is 11.2 Å². The lowest BCUT2D eigenvalue weighted by atomic mass is 10.0. The number of hydrogen-bond acceptors (Lipinski definition) is 5. The Morgan fingerprint density at radius 2 is 2.15 bits per heavy atom. The molecule has 1 aliphatic rings. The number of carbonyl (C=O) groups is 1. The molecule has 0 saturated carbocycles. The topological polar surface area (TPSA) is 76.1 Å². The minimum absolute atomic E-state index is 0.123. The largest absolute Gasteiger partial charge is 0.381 e. The van der Waals surface area contributed by atoms with Crippen molar-refractivity contribution < 1.29 is 9.53 Å². The van der Waals surface area contributed by atoms with Gasteiger partial charge in [0.2, 0.25) is 5.95 Å². The predicted octanol–water partition coefficient (Wildman–Crippen LogP) is 3.59. The normalized spacial score (nSPS) is 14.8. The van der Waals surface area contributed by atoms with Crippen molar-refractivity contribution in [3.63, 3.8) is 0 Å². The quantitative estimate of drug-likeness (QED) is 0.808. The van der Waals surface area contributed by atoms with Gasteiger partial charge in [-0.1, -0.05) is 24.6 Å². The molecule has 3 rings (SSSR count). The Balaban J connectivity index is 1.66. The summed E-state index contributed by atoms with van der Waals surface area (Å²) in [6, 6.07) is 7.33.